The highest BCUT2D eigenvalue weighted by Gasteiger charge is 2.40. The molecule has 7 nitrogen and oxygen atoms in total. The van der Waals surface area contributed by atoms with E-state index in [1.54, 1.807) is 4.90 Å². The first kappa shape index (κ1) is 23.4. The normalized spacial score (nSPS) is 25.6. The lowest BCUT2D eigenvalue weighted by Crippen LogP contribution is -2.51. The van der Waals surface area contributed by atoms with Gasteiger partial charge in [-0.15, -0.1) is 0 Å². The van der Waals surface area contributed by atoms with Gasteiger partial charge in [-0.25, -0.2) is 4.79 Å². The van der Waals surface area contributed by atoms with Crippen LogP contribution in [-0.2, 0) is 14.3 Å². The zero-order chi connectivity index (χ0) is 24.5. The third kappa shape index (κ3) is 4.64. The Morgan fingerprint density at radius 3 is 2.31 bits per heavy atom. The van der Waals surface area contributed by atoms with E-state index in [1.807, 2.05) is 31.2 Å². The summed E-state index contributed by atoms with van der Waals surface area (Å²) in [4.78, 5) is 39.3. The Balaban J connectivity index is 1.21. The predicted octanol–water partition coefficient (Wildman–Crippen LogP) is 4.26. The number of fused-ring (bicyclic) bond motifs is 3. The van der Waals surface area contributed by atoms with Crippen LogP contribution in [0.5, 0.6) is 0 Å². The van der Waals surface area contributed by atoms with Gasteiger partial charge in [-0.05, 0) is 47.4 Å². The van der Waals surface area contributed by atoms with E-state index < -0.39 is 18.0 Å². The minimum atomic E-state index is -0.853. The quantitative estimate of drug-likeness (QED) is 0.672. The number of hydrogen-bond donors (Lipinski definition) is 2. The van der Waals surface area contributed by atoms with Crippen LogP contribution in [0.25, 0.3) is 11.1 Å². The average molecular weight is 477 g/mol. The lowest BCUT2D eigenvalue weighted by molar-refractivity contribution is -0.148. The van der Waals surface area contributed by atoms with Crippen molar-refractivity contribution in [2.24, 2.45) is 17.8 Å². The maximum atomic E-state index is 13.3. The summed E-state index contributed by atoms with van der Waals surface area (Å²) in [7, 11) is 0. The Morgan fingerprint density at radius 1 is 1.00 bits per heavy atom. The van der Waals surface area contributed by atoms with Crippen molar-refractivity contribution >= 4 is 18.0 Å². The minimum absolute atomic E-state index is 0.0167. The monoisotopic (exact) mass is 476 g/mol. The predicted molar refractivity (Wildman–Crippen MR) is 131 cm³/mol. The standard InChI is InChI=1S/C28H32N2O5/c1-17-13-18(27(32)33)15-30(14-17)26(31)23-11-6-12-25(23)29-28(34)35-16-24-21-9-4-2-7-19(21)20-8-3-5-10-22(20)24/h2-5,7-10,17-18,23-25H,6,11-16H2,1H3,(H,29,34)(H,32,33). The van der Waals surface area contributed by atoms with Crippen molar-refractivity contribution in [3.63, 3.8) is 0 Å². The van der Waals surface area contributed by atoms with Crippen molar-refractivity contribution in [1.82, 2.24) is 10.2 Å². The van der Waals surface area contributed by atoms with Gasteiger partial charge < -0.3 is 20.1 Å². The number of nitrogens with zero attached hydrogens (tertiary/aromatic N) is 1. The fraction of sp³-hybridized carbons (Fsp3) is 0.464. The lowest BCUT2D eigenvalue weighted by atomic mass is 9.89. The highest BCUT2D eigenvalue weighted by atomic mass is 16.5. The number of rotatable bonds is 5. The number of carbonyl (C=O) groups excluding carboxylic acids is 2. The van der Waals surface area contributed by atoms with Crippen LogP contribution >= 0.6 is 0 Å². The van der Waals surface area contributed by atoms with Crippen LogP contribution in [0.2, 0.25) is 0 Å². The zero-order valence-electron chi connectivity index (χ0n) is 20.0. The molecule has 35 heavy (non-hydrogen) atoms. The van der Waals surface area contributed by atoms with Crippen LogP contribution in [0.15, 0.2) is 48.5 Å². The second-order valence-electron chi connectivity index (χ2n) is 10.2. The van der Waals surface area contributed by atoms with Gasteiger partial charge in [0.2, 0.25) is 5.91 Å². The molecule has 2 fully saturated rings. The molecule has 1 aliphatic heterocycles. The molecular formula is C28H32N2O5. The summed E-state index contributed by atoms with van der Waals surface area (Å²) in [6.45, 7) is 3.02. The summed E-state index contributed by atoms with van der Waals surface area (Å²) in [6.07, 6.45) is 2.33. The van der Waals surface area contributed by atoms with Gasteiger partial charge in [-0.1, -0.05) is 61.9 Å². The van der Waals surface area contributed by atoms with E-state index in [2.05, 4.69) is 29.6 Å². The molecule has 0 aromatic heterocycles. The first-order chi connectivity index (χ1) is 16.9. The number of hydrogen-bond acceptors (Lipinski definition) is 4. The van der Waals surface area contributed by atoms with Gasteiger partial charge in [0.05, 0.1) is 11.8 Å². The summed E-state index contributed by atoms with van der Waals surface area (Å²) in [5.74, 6) is -1.65. The molecule has 184 valence electrons. The van der Waals surface area contributed by atoms with Gasteiger partial charge in [0.1, 0.15) is 6.61 Å². The van der Waals surface area contributed by atoms with Crippen molar-refractivity contribution in [2.75, 3.05) is 19.7 Å². The molecule has 0 bridgehead atoms. The Labute approximate surface area is 205 Å². The number of carbonyl (C=O) groups is 3. The smallest absolute Gasteiger partial charge is 0.407 e. The molecule has 3 aliphatic rings. The molecule has 0 spiro atoms. The maximum absolute atomic E-state index is 13.3. The van der Waals surface area contributed by atoms with E-state index >= 15 is 0 Å². The van der Waals surface area contributed by atoms with Crippen LogP contribution in [0, 0.1) is 17.8 Å². The molecule has 2 N–H and O–H groups in total. The molecule has 0 radical (unpaired) electrons. The van der Waals surface area contributed by atoms with E-state index in [0.29, 0.717) is 25.8 Å². The van der Waals surface area contributed by atoms with E-state index in [0.717, 1.165) is 17.5 Å². The molecule has 2 amide bonds. The number of carboxylic acid groups (broad SMARTS) is 1. The van der Waals surface area contributed by atoms with Crippen molar-refractivity contribution in [3.8, 4) is 11.1 Å². The molecule has 1 saturated carbocycles. The Morgan fingerprint density at radius 2 is 1.66 bits per heavy atom. The van der Waals surface area contributed by atoms with Crippen LogP contribution in [0.3, 0.4) is 0 Å². The minimum Gasteiger partial charge on any atom is -0.481 e. The molecule has 4 unspecified atom stereocenters. The van der Waals surface area contributed by atoms with Crippen molar-refractivity contribution in [2.45, 2.75) is 44.6 Å². The number of benzene rings is 2. The molecule has 4 atom stereocenters. The highest BCUT2D eigenvalue weighted by molar-refractivity contribution is 5.82. The summed E-state index contributed by atoms with van der Waals surface area (Å²) in [5.41, 5.74) is 4.66. The second-order valence-corrected chi connectivity index (χ2v) is 10.2. The Kier molecular flexibility index (Phi) is 6.50. The number of amides is 2. The fourth-order valence-electron chi connectivity index (χ4n) is 6.16. The van der Waals surface area contributed by atoms with Crippen LogP contribution in [-0.4, -0.2) is 53.7 Å². The van der Waals surface area contributed by atoms with Crippen molar-refractivity contribution in [3.05, 3.63) is 59.7 Å². The van der Waals surface area contributed by atoms with E-state index in [1.165, 1.54) is 11.1 Å². The van der Waals surface area contributed by atoms with Gasteiger partial charge in [0.15, 0.2) is 0 Å². The Hall–Kier alpha value is -3.35. The molecule has 1 saturated heterocycles. The van der Waals surface area contributed by atoms with E-state index in [-0.39, 0.29) is 42.9 Å². The molecule has 2 aromatic carbocycles. The Bertz CT molecular complexity index is 1090. The van der Waals surface area contributed by atoms with E-state index in [4.69, 9.17) is 4.74 Å². The third-order valence-corrected chi connectivity index (χ3v) is 7.80. The van der Waals surface area contributed by atoms with Crippen LogP contribution in [0.1, 0.15) is 49.7 Å². The zero-order valence-corrected chi connectivity index (χ0v) is 20.0. The average Bonchev–Trinajstić information content (AvgIpc) is 3.44. The van der Waals surface area contributed by atoms with Crippen LogP contribution < -0.4 is 5.32 Å². The number of likely N-dealkylation sites (tertiary alicyclic amines) is 1. The first-order valence-electron chi connectivity index (χ1n) is 12.6. The topological polar surface area (TPSA) is 95.9 Å². The molecule has 2 aromatic rings. The summed E-state index contributed by atoms with van der Waals surface area (Å²) >= 11 is 0. The second kappa shape index (κ2) is 9.72. The summed E-state index contributed by atoms with van der Waals surface area (Å²) in [5, 5.41) is 12.4. The van der Waals surface area contributed by atoms with Gasteiger partial charge in [0, 0.05) is 25.0 Å². The van der Waals surface area contributed by atoms with Crippen LogP contribution in [0.4, 0.5) is 4.79 Å². The van der Waals surface area contributed by atoms with Crippen molar-refractivity contribution in [1.29, 1.82) is 0 Å². The molecular weight excluding hydrogens is 444 g/mol. The molecule has 5 rings (SSSR count). The molecule has 1 heterocycles. The van der Waals surface area contributed by atoms with Gasteiger partial charge in [-0.2, -0.15) is 0 Å². The number of aliphatic carboxylic acids is 1. The number of nitrogens with one attached hydrogen (secondary N) is 1. The SMILES string of the molecule is CC1CC(C(=O)O)CN(C(=O)C2CCCC2NC(=O)OCC2c3ccccc3-c3ccccc32)C1. The first-order valence-corrected chi connectivity index (χ1v) is 12.6. The third-order valence-electron chi connectivity index (χ3n) is 7.80. The number of ether oxygens (including phenoxy) is 1. The maximum Gasteiger partial charge on any atom is 0.407 e. The largest absolute Gasteiger partial charge is 0.481 e. The number of alkyl carbamates (subject to hydrolysis) is 1. The van der Waals surface area contributed by atoms with Gasteiger partial charge in [0.25, 0.3) is 0 Å². The van der Waals surface area contributed by atoms with Gasteiger partial charge in [-0.3, -0.25) is 9.59 Å². The number of piperidine rings is 1. The summed E-state index contributed by atoms with van der Waals surface area (Å²) in [6, 6.07) is 16.1. The molecule has 2 aliphatic carbocycles. The molecule has 7 heteroatoms. The van der Waals surface area contributed by atoms with E-state index in [9.17, 15) is 19.5 Å². The van der Waals surface area contributed by atoms with Crippen molar-refractivity contribution < 1.29 is 24.2 Å². The lowest BCUT2D eigenvalue weighted by Gasteiger charge is -2.37. The van der Waals surface area contributed by atoms with Gasteiger partial charge >= 0.3 is 12.1 Å². The number of carboxylic acids is 1. The fourth-order valence-corrected chi connectivity index (χ4v) is 6.16. The highest BCUT2D eigenvalue weighted by Crippen LogP contribution is 2.44. The summed E-state index contributed by atoms with van der Waals surface area (Å²) < 4.78 is 5.69.